The minimum Gasteiger partial charge on any atom is -0.481 e. The van der Waals surface area contributed by atoms with Gasteiger partial charge in [-0.15, -0.1) is 6.42 Å². The second kappa shape index (κ2) is 6.26. The van der Waals surface area contributed by atoms with Crippen LogP contribution >= 0.6 is 0 Å². The molecule has 1 fully saturated rings. The molecule has 0 aliphatic carbocycles. The number of nitrogens with zero attached hydrogens (tertiary/aromatic N) is 1. The van der Waals surface area contributed by atoms with Gasteiger partial charge in [-0.05, 0) is 25.8 Å². The number of carboxylic acid groups (broad SMARTS) is 1. The van der Waals surface area contributed by atoms with Crippen LogP contribution in [0.25, 0.3) is 0 Å². The number of amides is 1. The van der Waals surface area contributed by atoms with Gasteiger partial charge in [0.15, 0.2) is 0 Å². The average Bonchev–Trinajstić information content (AvgIpc) is 2.72. The van der Waals surface area contributed by atoms with Crippen LogP contribution in [-0.4, -0.2) is 47.6 Å². The number of likely N-dealkylation sites (tertiary alicyclic amines) is 1. The van der Waals surface area contributed by atoms with Gasteiger partial charge in [0.1, 0.15) is 0 Å². The summed E-state index contributed by atoms with van der Waals surface area (Å²) in [5.41, 5.74) is 0. The lowest BCUT2D eigenvalue weighted by Gasteiger charge is -2.22. The summed E-state index contributed by atoms with van der Waals surface area (Å²) >= 11 is 0. The number of aliphatic carboxylic acids is 1. The van der Waals surface area contributed by atoms with Crippen molar-refractivity contribution in [1.29, 1.82) is 0 Å². The van der Waals surface area contributed by atoms with E-state index in [-0.39, 0.29) is 30.8 Å². The Bertz CT molecular complexity index is 335. The molecule has 1 aliphatic heterocycles. The van der Waals surface area contributed by atoms with Crippen molar-refractivity contribution in [3.63, 3.8) is 0 Å². The number of carbonyl (C=O) groups is 2. The molecule has 0 aromatic carbocycles. The number of hydrogen-bond donors (Lipinski definition) is 2. The fraction of sp³-hybridized carbons (Fsp3) is 0.667. The smallest absolute Gasteiger partial charge is 0.303 e. The summed E-state index contributed by atoms with van der Waals surface area (Å²) in [5, 5.41) is 11.3. The second-order valence-electron chi connectivity index (χ2n) is 4.35. The van der Waals surface area contributed by atoms with Gasteiger partial charge in [-0.3, -0.25) is 14.5 Å². The quantitative estimate of drug-likeness (QED) is 0.657. The zero-order chi connectivity index (χ0) is 12.8. The van der Waals surface area contributed by atoms with Crippen LogP contribution in [0, 0.1) is 18.3 Å². The first kappa shape index (κ1) is 13.5. The van der Waals surface area contributed by atoms with Crippen molar-refractivity contribution in [3.05, 3.63) is 0 Å². The first-order chi connectivity index (χ1) is 8.04. The Balaban J connectivity index is 2.39. The molecule has 1 rings (SSSR count). The molecular formula is C12H18N2O3. The van der Waals surface area contributed by atoms with Crippen molar-refractivity contribution in [3.8, 4) is 12.3 Å². The molecule has 2 unspecified atom stereocenters. The molecule has 1 amide bonds. The molecule has 2 atom stereocenters. The van der Waals surface area contributed by atoms with Crippen molar-refractivity contribution in [1.82, 2.24) is 10.2 Å². The molecule has 0 aromatic rings. The molecule has 2 N–H and O–H groups in total. The lowest BCUT2D eigenvalue weighted by atomic mass is 10.1. The molecule has 5 nitrogen and oxygen atoms in total. The molecule has 1 saturated heterocycles. The summed E-state index contributed by atoms with van der Waals surface area (Å²) in [7, 11) is 0. The fourth-order valence-electron chi connectivity index (χ4n) is 2.08. The monoisotopic (exact) mass is 238 g/mol. The van der Waals surface area contributed by atoms with Crippen molar-refractivity contribution < 1.29 is 14.7 Å². The Morgan fingerprint density at radius 1 is 1.65 bits per heavy atom. The largest absolute Gasteiger partial charge is 0.481 e. The van der Waals surface area contributed by atoms with Crippen LogP contribution in [0.3, 0.4) is 0 Å². The van der Waals surface area contributed by atoms with Gasteiger partial charge in [0.25, 0.3) is 0 Å². The van der Waals surface area contributed by atoms with E-state index in [0.717, 1.165) is 13.0 Å². The summed E-state index contributed by atoms with van der Waals surface area (Å²) < 4.78 is 0. The highest BCUT2D eigenvalue weighted by atomic mass is 16.4. The highest BCUT2D eigenvalue weighted by Crippen LogP contribution is 2.21. The van der Waals surface area contributed by atoms with E-state index >= 15 is 0 Å². The zero-order valence-electron chi connectivity index (χ0n) is 9.98. The Hall–Kier alpha value is -1.54. The van der Waals surface area contributed by atoms with E-state index in [1.807, 2.05) is 11.8 Å². The number of nitrogens with one attached hydrogen (secondary N) is 1. The number of terminal acetylenes is 1. The molecule has 1 aliphatic rings. The Labute approximate surface area is 101 Å². The van der Waals surface area contributed by atoms with Gasteiger partial charge in [0, 0.05) is 13.0 Å². The molecule has 94 valence electrons. The summed E-state index contributed by atoms with van der Waals surface area (Å²) in [5.74, 6) is 1.62. The lowest BCUT2D eigenvalue weighted by Crippen LogP contribution is -2.44. The van der Waals surface area contributed by atoms with Gasteiger partial charge in [-0.25, -0.2) is 0 Å². The molecular weight excluding hydrogens is 220 g/mol. The molecule has 0 bridgehead atoms. The maximum atomic E-state index is 11.7. The maximum Gasteiger partial charge on any atom is 0.303 e. The van der Waals surface area contributed by atoms with E-state index in [1.165, 1.54) is 0 Å². The minimum atomic E-state index is -0.777. The van der Waals surface area contributed by atoms with E-state index in [1.54, 1.807) is 0 Å². The SMILES string of the molecule is C#CCNC(=O)C(C)N1CCC(CC(=O)O)C1. The molecule has 5 heteroatoms. The van der Waals surface area contributed by atoms with Crippen LogP contribution in [0.4, 0.5) is 0 Å². The van der Waals surface area contributed by atoms with Crippen LogP contribution in [0.2, 0.25) is 0 Å². The molecule has 0 spiro atoms. The predicted octanol–water partition coefficient (Wildman–Crippen LogP) is -0.0791. The van der Waals surface area contributed by atoms with Crippen molar-refractivity contribution >= 4 is 11.9 Å². The van der Waals surface area contributed by atoms with Crippen LogP contribution in [0.1, 0.15) is 19.8 Å². The fourth-order valence-corrected chi connectivity index (χ4v) is 2.08. The topological polar surface area (TPSA) is 69.6 Å². The summed E-state index contributed by atoms with van der Waals surface area (Å²) in [6.07, 6.45) is 6.07. The zero-order valence-corrected chi connectivity index (χ0v) is 9.98. The van der Waals surface area contributed by atoms with E-state index in [9.17, 15) is 9.59 Å². The first-order valence-electron chi connectivity index (χ1n) is 5.71. The summed E-state index contributed by atoms with van der Waals surface area (Å²) in [4.78, 5) is 24.2. The predicted molar refractivity (Wildman–Crippen MR) is 63.2 cm³/mol. The van der Waals surface area contributed by atoms with Gasteiger partial charge >= 0.3 is 5.97 Å². The van der Waals surface area contributed by atoms with E-state index in [4.69, 9.17) is 11.5 Å². The Kier molecular flexibility index (Phi) is 4.98. The van der Waals surface area contributed by atoms with Crippen LogP contribution < -0.4 is 5.32 Å². The molecule has 0 radical (unpaired) electrons. The molecule has 0 saturated carbocycles. The summed E-state index contributed by atoms with van der Waals surface area (Å²) in [6.45, 7) is 3.48. The number of carbonyl (C=O) groups excluding carboxylic acids is 1. The second-order valence-corrected chi connectivity index (χ2v) is 4.35. The third-order valence-corrected chi connectivity index (χ3v) is 3.07. The first-order valence-corrected chi connectivity index (χ1v) is 5.71. The normalized spacial score (nSPS) is 21.8. The highest BCUT2D eigenvalue weighted by Gasteiger charge is 2.30. The van der Waals surface area contributed by atoms with Gasteiger partial charge < -0.3 is 10.4 Å². The Morgan fingerprint density at radius 2 is 2.35 bits per heavy atom. The van der Waals surface area contributed by atoms with Gasteiger partial charge in [-0.1, -0.05) is 5.92 Å². The van der Waals surface area contributed by atoms with Crippen LogP contribution in [-0.2, 0) is 9.59 Å². The van der Waals surface area contributed by atoms with Crippen molar-refractivity contribution in [2.45, 2.75) is 25.8 Å². The van der Waals surface area contributed by atoms with Crippen LogP contribution in [0.5, 0.6) is 0 Å². The third-order valence-electron chi connectivity index (χ3n) is 3.07. The number of hydrogen-bond acceptors (Lipinski definition) is 3. The standard InChI is InChI=1S/C12H18N2O3/c1-3-5-13-12(17)9(2)14-6-4-10(8-14)7-11(15)16/h1,9-10H,4-8H2,2H3,(H,13,17)(H,15,16). The van der Waals surface area contributed by atoms with Crippen molar-refractivity contribution in [2.75, 3.05) is 19.6 Å². The number of carboxylic acids is 1. The molecule has 17 heavy (non-hydrogen) atoms. The van der Waals surface area contributed by atoms with Crippen LogP contribution in [0.15, 0.2) is 0 Å². The van der Waals surface area contributed by atoms with E-state index < -0.39 is 5.97 Å². The third kappa shape index (κ3) is 4.08. The summed E-state index contributed by atoms with van der Waals surface area (Å²) in [6, 6.07) is -0.248. The lowest BCUT2D eigenvalue weighted by molar-refractivity contribution is -0.138. The van der Waals surface area contributed by atoms with Gasteiger partial charge in [-0.2, -0.15) is 0 Å². The average molecular weight is 238 g/mol. The minimum absolute atomic E-state index is 0.0982. The van der Waals surface area contributed by atoms with Gasteiger partial charge in [0.2, 0.25) is 5.91 Å². The van der Waals surface area contributed by atoms with Crippen molar-refractivity contribution in [2.24, 2.45) is 5.92 Å². The van der Waals surface area contributed by atoms with E-state index in [2.05, 4.69) is 11.2 Å². The molecule has 1 heterocycles. The number of rotatable bonds is 5. The molecule has 0 aromatic heterocycles. The Morgan fingerprint density at radius 3 is 2.94 bits per heavy atom. The maximum absolute atomic E-state index is 11.7. The highest BCUT2D eigenvalue weighted by molar-refractivity contribution is 5.81. The van der Waals surface area contributed by atoms with E-state index in [0.29, 0.717) is 6.54 Å². The van der Waals surface area contributed by atoms with Gasteiger partial charge in [0.05, 0.1) is 12.6 Å².